The van der Waals surface area contributed by atoms with E-state index in [0.29, 0.717) is 28.8 Å². The number of benzene rings is 2. The summed E-state index contributed by atoms with van der Waals surface area (Å²) in [6, 6.07) is 13.6. The third-order valence-corrected chi connectivity index (χ3v) is 4.67. The number of carbonyl (C=O) groups is 3. The molecule has 0 unspecified atom stereocenters. The number of aryl methyl sites for hydroxylation is 1. The van der Waals surface area contributed by atoms with Crippen molar-refractivity contribution in [2.24, 2.45) is 0 Å². The number of halogens is 2. The number of carbonyl (C=O) groups excluding carboxylic acids is 3. The lowest BCUT2D eigenvalue weighted by Crippen LogP contribution is -2.15. The minimum Gasteiger partial charge on any atom is -0.454 e. The van der Waals surface area contributed by atoms with Crippen LogP contribution in [-0.2, 0) is 4.74 Å². The highest BCUT2D eigenvalue weighted by atomic mass is 19.3. The van der Waals surface area contributed by atoms with Gasteiger partial charge in [0, 0.05) is 28.2 Å². The molecule has 0 atom stereocenters. The Morgan fingerprint density at radius 3 is 2.26 bits per heavy atom. The second-order valence-electron chi connectivity index (χ2n) is 6.73. The molecular weight excluding hydrogens is 408 g/mol. The normalized spacial score (nSPS) is 10.7. The summed E-state index contributed by atoms with van der Waals surface area (Å²) in [7, 11) is 0. The van der Waals surface area contributed by atoms with Crippen LogP contribution in [0.4, 0.5) is 8.78 Å². The predicted molar refractivity (Wildman–Crippen MR) is 108 cm³/mol. The van der Waals surface area contributed by atoms with Crippen LogP contribution in [0.5, 0.6) is 5.75 Å². The number of aromatic nitrogens is 1. The van der Waals surface area contributed by atoms with Gasteiger partial charge in [0.2, 0.25) is 5.78 Å². The Kier molecular flexibility index (Phi) is 6.59. The highest BCUT2D eigenvalue weighted by Crippen LogP contribution is 2.24. The smallest absolute Gasteiger partial charge is 0.387 e. The number of aldehydes is 1. The zero-order valence-corrected chi connectivity index (χ0v) is 16.8. The van der Waals surface area contributed by atoms with E-state index in [9.17, 15) is 23.2 Å². The number of rotatable bonds is 8. The molecular formula is C23H19F2NO5. The first-order valence-electron chi connectivity index (χ1n) is 9.30. The second kappa shape index (κ2) is 9.34. The molecule has 1 aromatic heterocycles. The van der Waals surface area contributed by atoms with Gasteiger partial charge in [-0.3, -0.25) is 9.59 Å². The van der Waals surface area contributed by atoms with Gasteiger partial charge in [-0.2, -0.15) is 8.78 Å². The molecule has 0 aliphatic rings. The van der Waals surface area contributed by atoms with E-state index in [1.165, 1.54) is 36.4 Å². The molecule has 2 aromatic carbocycles. The van der Waals surface area contributed by atoms with Crippen LogP contribution in [0.15, 0.2) is 54.6 Å². The van der Waals surface area contributed by atoms with Crippen LogP contribution in [0.25, 0.3) is 5.69 Å². The maximum Gasteiger partial charge on any atom is 0.387 e. The second-order valence-corrected chi connectivity index (χ2v) is 6.73. The van der Waals surface area contributed by atoms with Crippen molar-refractivity contribution in [1.82, 2.24) is 4.57 Å². The molecule has 3 rings (SSSR count). The van der Waals surface area contributed by atoms with Gasteiger partial charge in [-0.1, -0.05) is 12.1 Å². The molecule has 0 bridgehead atoms. The molecule has 0 saturated carbocycles. The van der Waals surface area contributed by atoms with Crippen molar-refractivity contribution in [1.29, 1.82) is 0 Å². The van der Waals surface area contributed by atoms with Crippen LogP contribution in [0, 0.1) is 13.8 Å². The molecule has 0 radical (unpaired) electrons. The molecule has 31 heavy (non-hydrogen) atoms. The fraction of sp³-hybridized carbons (Fsp3) is 0.174. The summed E-state index contributed by atoms with van der Waals surface area (Å²) in [5.41, 5.74) is 3.08. The molecule has 160 valence electrons. The van der Waals surface area contributed by atoms with Crippen LogP contribution in [0.1, 0.15) is 42.5 Å². The van der Waals surface area contributed by atoms with Gasteiger partial charge in [-0.15, -0.1) is 0 Å². The number of ketones is 1. The Bertz CT molecular complexity index is 1100. The fourth-order valence-corrected chi connectivity index (χ4v) is 3.21. The van der Waals surface area contributed by atoms with Gasteiger partial charge in [-0.25, -0.2) is 4.79 Å². The minimum atomic E-state index is -2.91. The maximum atomic E-state index is 12.6. The molecule has 8 heteroatoms. The van der Waals surface area contributed by atoms with Crippen molar-refractivity contribution in [2.45, 2.75) is 20.5 Å². The summed E-state index contributed by atoms with van der Waals surface area (Å²) in [5, 5.41) is 0. The number of hydrogen-bond donors (Lipinski definition) is 0. The Labute approximate surface area is 177 Å². The van der Waals surface area contributed by atoms with E-state index in [2.05, 4.69) is 4.74 Å². The Morgan fingerprint density at radius 2 is 1.68 bits per heavy atom. The van der Waals surface area contributed by atoms with Gasteiger partial charge in [-0.05, 0) is 56.3 Å². The quantitative estimate of drug-likeness (QED) is 0.300. The molecule has 0 spiro atoms. The van der Waals surface area contributed by atoms with Crippen LogP contribution in [0.3, 0.4) is 0 Å². The lowest BCUT2D eigenvalue weighted by Gasteiger charge is -2.11. The summed E-state index contributed by atoms with van der Waals surface area (Å²) in [6.45, 7) is 0.188. The number of ether oxygens (including phenoxy) is 2. The Morgan fingerprint density at radius 1 is 1.03 bits per heavy atom. The van der Waals surface area contributed by atoms with Crippen LogP contribution < -0.4 is 4.74 Å². The number of esters is 1. The lowest BCUT2D eigenvalue weighted by molar-refractivity contribution is -0.0498. The molecule has 6 nitrogen and oxygen atoms in total. The molecule has 0 aliphatic carbocycles. The van der Waals surface area contributed by atoms with E-state index in [0.717, 1.165) is 5.69 Å². The first kappa shape index (κ1) is 21.9. The van der Waals surface area contributed by atoms with E-state index >= 15 is 0 Å². The molecule has 3 aromatic rings. The Balaban J connectivity index is 1.72. The molecule has 0 saturated heterocycles. The summed E-state index contributed by atoms with van der Waals surface area (Å²) in [6.07, 6.45) is 0.661. The maximum absolute atomic E-state index is 12.6. The van der Waals surface area contributed by atoms with Gasteiger partial charge in [0.15, 0.2) is 6.61 Å². The number of hydrogen-bond acceptors (Lipinski definition) is 5. The van der Waals surface area contributed by atoms with Crippen molar-refractivity contribution >= 4 is 18.0 Å². The van der Waals surface area contributed by atoms with Crippen LogP contribution in [0.2, 0.25) is 0 Å². The monoisotopic (exact) mass is 427 g/mol. The number of nitrogens with zero attached hydrogens (tertiary/aromatic N) is 1. The highest BCUT2D eigenvalue weighted by Gasteiger charge is 2.19. The lowest BCUT2D eigenvalue weighted by atomic mass is 10.1. The third-order valence-electron chi connectivity index (χ3n) is 4.67. The molecule has 0 N–H and O–H groups in total. The van der Waals surface area contributed by atoms with Gasteiger partial charge in [0.25, 0.3) is 0 Å². The number of Topliss-reactive ketones (excluding diaryl/α,β-unsaturated/α-hetero) is 1. The van der Waals surface area contributed by atoms with Crippen molar-refractivity contribution < 1.29 is 32.6 Å². The largest absolute Gasteiger partial charge is 0.454 e. The Hall–Kier alpha value is -3.81. The number of alkyl halides is 2. The van der Waals surface area contributed by atoms with Crippen LogP contribution >= 0.6 is 0 Å². The average Bonchev–Trinajstić information content (AvgIpc) is 3.06. The molecule has 0 fully saturated rings. The van der Waals surface area contributed by atoms with E-state index in [1.54, 1.807) is 36.6 Å². The molecule has 0 aliphatic heterocycles. The van der Waals surface area contributed by atoms with E-state index in [4.69, 9.17) is 4.74 Å². The van der Waals surface area contributed by atoms with Crippen molar-refractivity contribution in [3.8, 4) is 11.4 Å². The highest BCUT2D eigenvalue weighted by molar-refractivity contribution is 6.00. The summed E-state index contributed by atoms with van der Waals surface area (Å²) < 4.78 is 35.9. The zero-order chi connectivity index (χ0) is 22.5. The predicted octanol–water partition coefficient (Wildman–Crippen LogP) is 4.55. The summed E-state index contributed by atoms with van der Waals surface area (Å²) >= 11 is 0. The standard InChI is InChI=1S/C23H19F2NO5/c1-14-11-20(15(2)26(14)18-7-9-19(10-8-18)31-23(24)25)21(28)13-30-22(29)17-5-3-16(12-27)4-6-17/h3-12,23H,13H2,1-2H3. The van der Waals surface area contributed by atoms with Crippen molar-refractivity contribution in [3.05, 3.63) is 82.7 Å². The zero-order valence-electron chi connectivity index (χ0n) is 16.8. The summed E-state index contributed by atoms with van der Waals surface area (Å²) in [4.78, 5) is 35.5. The average molecular weight is 427 g/mol. The van der Waals surface area contributed by atoms with Crippen molar-refractivity contribution in [3.63, 3.8) is 0 Å². The third kappa shape index (κ3) is 5.03. The fourth-order valence-electron chi connectivity index (χ4n) is 3.21. The van der Waals surface area contributed by atoms with Gasteiger partial charge in [0.1, 0.15) is 12.0 Å². The topological polar surface area (TPSA) is 74.6 Å². The van der Waals surface area contributed by atoms with Crippen molar-refractivity contribution in [2.75, 3.05) is 6.61 Å². The van der Waals surface area contributed by atoms with Gasteiger partial charge >= 0.3 is 12.6 Å². The van der Waals surface area contributed by atoms with E-state index in [1.807, 2.05) is 0 Å². The van der Waals surface area contributed by atoms with E-state index in [-0.39, 0.29) is 17.1 Å². The van der Waals surface area contributed by atoms with E-state index < -0.39 is 19.2 Å². The SMILES string of the molecule is Cc1cc(C(=O)COC(=O)c2ccc(C=O)cc2)c(C)n1-c1ccc(OC(F)F)cc1. The first-order chi connectivity index (χ1) is 14.8. The first-order valence-corrected chi connectivity index (χ1v) is 9.30. The summed E-state index contributed by atoms with van der Waals surface area (Å²) in [5.74, 6) is -1.02. The van der Waals surface area contributed by atoms with Crippen LogP contribution in [-0.4, -0.2) is 35.8 Å². The molecule has 0 amide bonds. The van der Waals surface area contributed by atoms with Gasteiger partial charge in [0.05, 0.1) is 5.56 Å². The minimum absolute atomic E-state index is 0.0330. The molecule has 1 heterocycles. The van der Waals surface area contributed by atoms with Gasteiger partial charge < -0.3 is 14.0 Å².